The summed E-state index contributed by atoms with van der Waals surface area (Å²) in [5, 5.41) is 8.63. The summed E-state index contributed by atoms with van der Waals surface area (Å²) >= 11 is 0. The van der Waals surface area contributed by atoms with Crippen molar-refractivity contribution in [2.24, 2.45) is 0 Å². The van der Waals surface area contributed by atoms with Gasteiger partial charge in [0.15, 0.2) is 0 Å². The lowest BCUT2D eigenvalue weighted by Crippen LogP contribution is -2.26. The average molecular weight is 259 g/mol. The molecule has 1 aliphatic heterocycles. The van der Waals surface area contributed by atoms with E-state index in [2.05, 4.69) is 20.9 Å². The highest BCUT2D eigenvalue weighted by Gasteiger charge is 2.12. The van der Waals surface area contributed by atoms with Gasteiger partial charge in [0.2, 0.25) is 0 Å². The lowest BCUT2D eigenvalue weighted by Gasteiger charge is -2.23. The van der Waals surface area contributed by atoms with Gasteiger partial charge in [-0.25, -0.2) is 9.97 Å². The first-order valence-electron chi connectivity index (χ1n) is 6.96. The summed E-state index contributed by atoms with van der Waals surface area (Å²) in [6.07, 6.45) is 7.25. The lowest BCUT2D eigenvalue weighted by molar-refractivity contribution is 0.726. The summed E-state index contributed by atoms with van der Waals surface area (Å²) in [7, 11) is 1.96. The van der Waals surface area contributed by atoms with Crippen LogP contribution in [0.1, 0.15) is 32.1 Å². The fourth-order valence-corrected chi connectivity index (χ4v) is 2.35. The molecular formula is C14H21N5. The lowest BCUT2D eigenvalue weighted by atomic mass is 10.2. The molecule has 2 heterocycles. The predicted octanol–water partition coefficient (Wildman–Crippen LogP) is 2.21. The van der Waals surface area contributed by atoms with E-state index >= 15 is 0 Å². The highest BCUT2D eigenvalue weighted by molar-refractivity contribution is 5.49. The van der Waals surface area contributed by atoms with Crippen LogP contribution in [-0.2, 0) is 0 Å². The fourth-order valence-electron chi connectivity index (χ4n) is 2.35. The van der Waals surface area contributed by atoms with Crippen molar-refractivity contribution in [3.63, 3.8) is 0 Å². The summed E-state index contributed by atoms with van der Waals surface area (Å²) in [6, 6.07) is 4.19. The van der Waals surface area contributed by atoms with E-state index in [4.69, 9.17) is 5.26 Å². The fraction of sp³-hybridized carbons (Fsp3) is 0.643. The molecule has 5 heteroatoms. The molecule has 1 saturated heterocycles. The molecule has 0 aliphatic carbocycles. The Kier molecular flexibility index (Phi) is 4.96. The molecule has 1 fully saturated rings. The van der Waals surface area contributed by atoms with E-state index in [0.29, 0.717) is 13.0 Å². The Morgan fingerprint density at radius 1 is 1.26 bits per heavy atom. The van der Waals surface area contributed by atoms with Crippen LogP contribution in [0.25, 0.3) is 0 Å². The third kappa shape index (κ3) is 3.82. The van der Waals surface area contributed by atoms with Gasteiger partial charge in [0, 0.05) is 32.7 Å². The largest absolute Gasteiger partial charge is 0.358 e. The molecule has 0 atom stereocenters. The van der Waals surface area contributed by atoms with Gasteiger partial charge in [0.05, 0.1) is 12.5 Å². The van der Waals surface area contributed by atoms with E-state index in [1.807, 2.05) is 18.0 Å². The maximum Gasteiger partial charge on any atom is 0.134 e. The van der Waals surface area contributed by atoms with Gasteiger partial charge in [0.25, 0.3) is 0 Å². The van der Waals surface area contributed by atoms with Gasteiger partial charge in [-0.2, -0.15) is 5.26 Å². The smallest absolute Gasteiger partial charge is 0.134 e. The topological polar surface area (TPSA) is 56.1 Å². The highest BCUT2D eigenvalue weighted by Crippen LogP contribution is 2.20. The maximum absolute atomic E-state index is 8.63. The van der Waals surface area contributed by atoms with Gasteiger partial charge >= 0.3 is 0 Å². The Bertz CT molecular complexity index is 432. The molecule has 0 bridgehead atoms. The van der Waals surface area contributed by atoms with Crippen molar-refractivity contribution in [1.29, 1.82) is 5.26 Å². The molecule has 0 amide bonds. The highest BCUT2D eigenvalue weighted by atomic mass is 15.2. The van der Waals surface area contributed by atoms with E-state index in [9.17, 15) is 0 Å². The SMILES string of the molecule is CN(CCC#N)c1cc(N2CCCCCC2)ncn1. The quantitative estimate of drug-likeness (QED) is 0.829. The van der Waals surface area contributed by atoms with Crippen molar-refractivity contribution in [2.75, 3.05) is 36.5 Å². The van der Waals surface area contributed by atoms with Crippen LogP contribution in [0.15, 0.2) is 12.4 Å². The molecule has 19 heavy (non-hydrogen) atoms. The first-order chi connectivity index (χ1) is 9.31. The second kappa shape index (κ2) is 6.93. The van der Waals surface area contributed by atoms with Gasteiger partial charge in [-0.05, 0) is 12.8 Å². The van der Waals surface area contributed by atoms with E-state index in [-0.39, 0.29) is 0 Å². The van der Waals surface area contributed by atoms with E-state index < -0.39 is 0 Å². The molecular weight excluding hydrogens is 238 g/mol. The zero-order valence-electron chi connectivity index (χ0n) is 11.5. The van der Waals surface area contributed by atoms with Crippen LogP contribution < -0.4 is 9.80 Å². The molecule has 2 rings (SSSR count). The minimum atomic E-state index is 0.513. The number of nitriles is 1. The first kappa shape index (κ1) is 13.6. The van der Waals surface area contributed by atoms with Crippen LogP contribution in [0.3, 0.4) is 0 Å². The molecule has 0 saturated carbocycles. The van der Waals surface area contributed by atoms with Crippen molar-refractivity contribution in [1.82, 2.24) is 9.97 Å². The van der Waals surface area contributed by atoms with Crippen molar-refractivity contribution in [3.05, 3.63) is 12.4 Å². The minimum Gasteiger partial charge on any atom is -0.358 e. The number of hydrogen-bond acceptors (Lipinski definition) is 5. The number of aromatic nitrogens is 2. The molecule has 0 radical (unpaired) electrons. The number of nitrogens with zero attached hydrogens (tertiary/aromatic N) is 5. The normalized spacial score (nSPS) is 15.7. The second-order valence-corrected chi connectivity index (χ2v) is 4.97. The Balaban J connectivity index is 2.07. The van der Waals surface area contributed by atoms with Crippen molar-refractivity contribution in [2.45, 2.75) is 32.1 Å². The van der Waals surface area contributed by atoms with E-state index in [1.54, 1.807) is 6.33 Å². The summed E-state index contributed by atoms with van der Waals surface area (Å²) in [4.78, 5) is 13.0. The molecule has 102 valence electrons. The Morgan fingerprint density at radius 3 is 2.68 bits per heavy atom. The van der Waals surface area contributed by atoms with E-state index in [0.717, 1.165) is 24.7 Å². The molecule has 0 N–H and O–H groups in total. The summed E-state index contributed by atoms with van der Waals surface area (Å²) in [5.41, 5.74) is 0. The van der Waals surface area contributed by atoms with Gasteiger partial charge in [-0.15, -0.1) is 0 Å². The van der Waals surface area contributed by atoms with Crippen LogP contribution in [0.5, 0.6) is 0 Å². The third-order valence-corrected chi connectivity index (χ3v) is 3.52. The summed E-state index contributed by atoms with van der Waals surface area (Å²) in [5.74, 6) is 1.90. The molecule has 5 nitrogen and oxygen atoms in total. The van der Waals surface area contributed by atoms with Crippen molar-refractivity contribution < 1.29 is 0 Å². The van der Waals surface area contributed by atoms with Crippen LogP contribution in [-0.4, -0.2) is 36.6 Å². The molecule has 1 aliphatic rings. The summed E-state index contributed by atoms with van der Waals surface area (Å²) in [6.45, 7) is 2.86. The zero-order chi connectivity index (χ0) is 13.5. The van der Waals surface area contributed by atoms with Gasteiger partial charge in [-0.3, -0.25) is 0 Å². The molecule has 0 aromatic carbocycles. The molecule has 1 aromatic rings. The van der Waals surface area contributed by atoms with Gasteiger partial charge in [0.1, 0.15) is 18.0 Å². The first-order valence-corrected chi connectivity index (χ1v) is 6.96. The number of rotatable bonds is 4. The van der Waals surface area contributed by atoms with Crippen molar-refractivity contribution >= 4 is 11.6 Å². The minimum absolute atomic E-state index is 0.513. The Morgan fingerprint density at radius 2 is 2.00 bits per heavy atom. The third-order valence-electron chi connectivity index (χ3n) is 3.52. The maximum atomic E-state index is 8.63. The zero-order valence-corrected chi connectivity index (χ0v) is 11.5. The van der Waals surface area contributed by atoms with Gasteiger partial charge < -0.3 is 9.80 Å². The average Bonchev–Trinajstić information content (AvgIpc) is 2.74. The van der Waals surface area contributed by atoms with Gasteiger partial charge in [-0.1, -0.05) is 12.8 Å². The van der Waals surface area contributed by atoms with Crippen LogP contribution in [0, 0.1) is 11.3 Å². The second-order valence-electron chi connectivity index (χ2n) is 4.97. The van der Waals surface area contributed by atoms with E-state index in [1.165, 1.54) is 25.7 Å². The van der Waals surface area contributed by atoms with Crippen LogP contribution >= 0.6 is 0 Å². The molecule has 0 unspecified atom stereocenters. The van der Waals surface area contributed by atoms with Crippen LogP contribution in [0.2, 0.25) is 0 Å². The monoisotopic (exact) mass is 259 g/mol. The standard InChI is InChI=1S/C14H21N5/c1-18(8-6-7-15)13-11-14(17-12-16-13)19-9-4-2-3-5-10-19/h11-12H,2-6,8-10H2,1H3. The molecule has 1 aromatic heterocycles. The van der Waals surface area contributed by atoms with Crippen LogP contribution in [0.4, 0.5) is 11.6 Å². The number of hydrogen-bond donors (Lipinski definition) is 0. The Hall–Kier alpha value is -1.83. The summed E-state index contributed by atoms with van der Waals surface area (Å²) < 4.78 is 0. The molecule has 0 spiro atoms. The number of anilines is 2. The van der Waals surface area contributed by atoms with Crippen molar-refractivity contribution in [3.8, 4) is 6.07 Å². The Labute approximate surface area is 114 Å². The predicted molar refractivity (Wildman–Crippen MR) is 76.2 cm³/mol.